The highest BCUT2D eigenvalue weighted by atomic mass is 15.3. The van der Waals surface area contributed by atoms with Crippen LogP contribution in [-0.2, 0) is 0 Å². The summed E-state index contributed by atoms with van der Waals surface area (Å²) >= 11 is 0. The molecule has 1 saturated heterocycles. The minimum Gasteiger partial charge on any atom is -0.354 e. The Morgan fingerprint density at radius 1 is 1.06 bits per heavy atom. The fraction of sp³-hybridized carbons (Fsp3) is 0.667. The number of aromatic nitrogens is 1. The minimum atomic E-state index is 1.12. The maximum Gasteiger partial charge on any atom is 0.128 e. The zero-order valence-electron chi connectivity index (χ0n) is 11.5. The third-order valence-electron chi connectivity index (χ3n) is 3.67. The number of nitrogens with zero attached hydrogens (tertiary/aromatic N) is 3. The molecule has 0 spiro atoms. The molecular formula is C15H25N3. The van der Waals surface area contributed by atoms with E-state index < -0.39 is 0 Å². The standard InChI is InChI=1S/C15H25N3/c1-2-3-4-7-10-17-11-13-18(14-12-17)15-8-5-6-9-16-15/h5-6,8-9H,2-4,7,10-14H2,1H3. The second-order valence-electron chi connectivity index (χ2n) is 5.08. The van der Waals surface area contributed by atoms with Crippen molar-refractivity contribution in [1.82, 2.24) is 9.88 Å². The van der Waals surface area contributed by atoms with Crippen molar-refractivity contribution < 1.29 is 0 Å². The van der Waals surface area contributed by atoms with E-state index in [0.29, 0.717) is 0 Å². The number of anilines is 1. The van der Waals surface area contributed by atoms with Crippen molar-refractivity contribution in [2.24, 2.45) is 0 Å². The Balaban J connectivity index is 1.68. The molecule has 0 amide bonds. The van der Waals surface area contributed by atoms with Crippen LogP contribution in [0.3, 0.4) is 0 Å². The number of piperazine rings is 1. The predicted octanol–water partition coefficient (Wildman–Crippen LogP) is 2.78. The first-order valence-corrected chi connectivity index (χ1v) is 7.28. The molecule has 1 aromatic heterocycles. The molecule has 0 N–H and O–H groups in total. The first kappa shape index (κ1) is 13.3. The second-order valence-corrected chi connectivity index (χ2v) is 5.08. The van der Waals surface area contributed by atoms with E-state index >= 15 is 0 Å². The molecule has 2 rings (SSSR count). The second kappa shape index (κ2) is 7.37. The molecular weight excluding hydrogens is 222 g/mol. The summed E-state index contributed by atoms with van der Waals surface area (Å²) in [5.41, 5.74) is 0. The lowest BCUT2D eigenvalue weighted by atomic mass is 10.2. The van der Waals surface area contributed by atoms with Crippen LogP contribution in [-0.4, -0.2) is 42.6 Å². The van der Waals surface area contributed by atoms with Crippen molar-refractivity contribution in [3.8, 4) is 0 Å². The Morgan fingerprint density at radius 2 is 1.89 bits per heavy atom. The fourth-order valence-electron chi connectivity index (χ4n) is 2.50. The lowest BCUT2D eigenvalue weighted by Gasteiger charge is -2.35. The van der Waals surface area contributed by atoms with Gasteiger partial charge in [0.05, 0.1) is 0 Å². The van der Waals surface area contributed by atoms with Gasteiger partial charge in [-0.2, -0.15) is 0 Å². The number of pyridine rings is 1. The molecule has 3 heteroatoms. The largest absolute Gasteiger partial charge is 0.354 e. The van der Waals surface area contributed by atoms with Crippen molar-refractivity contribution in [2.45, 2.75) is 32.6 Å². The molecule has 1 fully saturated rings. The highest BCUT2D eigenvalue weighted by Gasteiger charge is 2.16. The van der Waals surface area contributed by atoms with E-state index in [1.54, 1.807) is 0 Å². The highest BCUT2D eigenvalue weighted by Crippen LogP contribution is 2.13. The summed E-state index contributed by atoms with van der Waals surface area (Å²) in [4.78, 5) is 9.41. The molecule has 0 aromatic carbocycles. The molecule has 0 radical (unpaired) electrons. The van der Waals surface area contributed by atoms with Gasteiger partial charge in [0.1, 0.15) is 5.82 Å². The van der Waals surface area contributed by atoms with Gasteiger partial charge in [-0.1, -0.05) is 32.3 Å². The number of hydrogen-bond donors (Lipinski definition) is 0. The lowest BCUT2D eigenvalue weighted by Crippen LogP contribution is -2.46. The van der Waals surface area contributed by atoms with E-state index in [-0.39, 0.29) is 0 Å². The maximum atomic E-state index is 4.42. The van der Waals surface area contributed by atoms with Gasteiger partial charge in [-0.3, -0.25) is 4.90 Å². The van der Waals surface area contributed by atoms with Crippen LogP contribution in [0.1, 0.15) is 32.6 Å². The van der Waals surface area contributed by atoms with Gasteiger partial charge in [0.15, 0.2) is 0 Å². The Bertz CT molecular complexity index is 318. The van der Waals surface area contributed by atoms with Crippen LogP contribution in [0.4, 0.5) is 5.82 Å². The average Bonchev–Trinajstić information content (AvgIpc) is 2.45. The first-order chi connectivity index (χ1) is 8.90. The van der Waals surface area contributed by atoms with Crippen LogP contribution in [0.25, 0.3) is 0 Å². The molecule has 0 aliphatic carbocycles. The molecule has 1 aromatic rings. The summed E-state index contributed by atoms with van der Waals surface area (Å²) in [5, 5.41) is 0. The van der Waals surface area contributed by atoms with Crippen molar-refractivity contribution in [3.05, 3.63) is 24.4 Å². The quantitative estimate of drug-likeness (QED) is 0.721. The zero-order valence-corrected chi connectivity index (χ0v) is 11.5. The van der Waals surface area contributed by atoms with Crippen LogP contribution in [0.2, 0.25) is 0 Å². The number of rotatable bonds is 6. The van der Waals surface area contributed by atoms with Gasteiger partial charge in [-0.15, -0.1) is 0 Å². The van der Waals surface area contributed by atoms with Crippen molar-refractivity contribution in [1.29, 1.82) is 0 Å². The molecule has 3 nitrogen and oxygen atoms in total. The van der Waals surface area contributed by atoms with E-state index in [0.717, 1.165) is 18.9 Å². The molecule has 2 heterocycles. The van der Waals surface area contributed by atoms with Gasteiger partial charge in [0.25, 0.3) is 0 Å². The number of hydrogen-bond acceptors (Lipinski definition) is 3. The molecule has 0 saturated carbocycles. The predicted molar refractivity (Wildman–Crippen MR) is 77.0 cm³/mol. The highest BCUT2D eigenvalue weighted by molar-refractivity contribution is 5.38. The monoisotopic (exact) mass is 247 g/mol. The summed E-state index contributed by atoms with van der Waals surface area (Å²) in [6.45, 7) is 8.14. The zero-order chi connectivity index (χ0) is 12.6. The lowest BCUT2D eigenvalue weighted by molar-refractivity contribution is 0.251. The Labute approximate surface area is 111 Å². The molecule has 0 bridgehead atoms. The van der Waals surface area contributed by atoms with Crippen LogP contribution in [0, 0.1) is 0 Å². The fourth-order valence-corrected chi connectivity index (χ4v) is 2.50. The van der Waals surface area contributed by atoms with E-state index in [1.165, 1.54) is 45.3 Å². The SMILES string of the molecule is CCCCCCN1CCN(c2ccccn2)CC1. The van der Waals surface area contributed by atoms with Crippen LogP contribution in [0.15, 0.2) is 24.4 Å². The van der Waals surface area contributed by atoms with Gasteiger partial charge in [0.2, 0.25) is 0 Å². The number of unbranched alkanes of at least 4 members (excludes halogenated alkanes) is 3. The van der Waals surface area contributed by atoms with E-state index in [2.05, 4.69) is 33.8 Å². The van der Waals surface area contributed by atoms with Gasteiger partial charge in [0, 0.05) is 32.4 Å². The Morgan fingerprint density at radius 3 is 2.56 bits per heavy atom. The third-order valence-corrected chi connectivity index (χ3v) is 3.67. The Hall–Kier alpha value is -1.09. The third kappa shape index (κ3) is 3.98. The molecule has 1 aliphatic heterocycles. The summed E-state index contributed by atoms with van der Waals surface area (Å²) in [5.74, 6) is 1.13. The van der Waals surface area contributed by atoms with E-state index in [1.807, 2.05) is 12.3 Å². The summed E-state index contributed by atoms with van der Waals surface area (Å²) < 4.78 is 0. The van der Waals surface area contributed by atoms with Crippen molar-refractivity contribution in [3.63, 3.8) is 0 Å². The van der Waals surface area contributed by atoms with Crippen LogP contribution in [0.5, 0.6) is 0 Å². The van der Waals surface area contributed by atoms with Gasteiger partial charge in [-0.05, 0) is 25.1 Å². The van der Waals surface area contributed by atoms with Crippen LogP contribution >= 0.6 is 0 Å². The average molecular weight is 247 g/mol. The minimum absolute atomic E-state index is 1.12. The van der Waals surface area contributed by atoms with Gasteiger partial charge < -0.3 is 4.90 Å². The van der Waals surface area contributed by atoms with E-state index in [9.17, 15) is 0 Å². The van der Waals surface area contributed by atoms with Crippen molar-refractivity contribution >= 4 is 5.82 Å². The summed E-state index contributed by atoms with van der Waals surface area (Å²) in [7, 11) is 0. The topological polar surface area (TPSA) is 19.4 Å². The molecule has 0 atom stereocenters. The molecule has 0 unspecified atom stereocenters. The smallest absolute Gasteiger partial charge is 0.128 e. The first-order valence-electron chi connectivity index (χ1n) is 7.28. The summed E-state index contributed by atoms with van der Waals surface area (Å²) in [6, 6.07) is 6.16. The molecule has 18 heavy (non-hydrogen) atoms. The van der Waals surface area contributed by atoms with Gasteiger partial charge >= 0.3 is 0 Å². The molecule has 100 valence electrons. The Kier molecular flexibility index (Phi) is 5.46. The van der Waals surface area contributed by atoms with Crippen molar-refractivity contribution in [2.75, 3.05) is 37.6 Å². The van der Waals surface area contributed by atoms with E-state index in [4.69, 9.17) is 0 Å². The van der Waals surface area contributed by atoms with Gasteiger partial charge in [-0.25, -0.2) is 4.98 Å². The van der Waals surface area contributed by atoms with Crippen LogP contribution < -0.4 is 4.90 Å². The maximum absolute atomic E-state index is 4.42. The summed E-state index contributed by atoms with van der Waals surface area (Å²) in [6.07, 6.45) is 7.34. The normalized spacial score (nSPS) is 17.1. The molecule has 1 aliphatic rings.